The molecule has 1 aliphatic carbocycles. The largest absolute Gasteiger partial charge is 0.380 e. The van der Waals surface area contributed by atoms with Crippen LogP contribution in [0.1, 0.15) is 29.6 Å². The van der Waals surface area contributed by atoms with Crippen LogP contribution in [-0.2, 0) is 0 Å². The van der Waals surface area contributed by atoms with E-state index in [1.807, 2.05) is 0 Å². The van der Waals surface area contributed by atoms with Gasteiger partial charge in [0.15, 0.2) is 0 Å². The second-order valence-corrected chi connectivity index (χ2v) is 4.37. The third kappa shape index (κ3) is 2.39. The Bertz CT molecular complexity index is 436. The zero-order chi connectivity index (χ0) is 12.4. The lowest BCUT2D eigenvalue weighted by atomic mass is 10.1. The van der Waals surface area contributed by atoms with Crippen LogP contribution >= 0.6 is 0 Å². The van der Waals surface area contributed by atoms with Crippen LogP contribution in [-0.4, -0.2) is 18.0 Å². The summed E-state index contributed by atoms with van der Waals surface area (Å²) in [5.74, 6) is -1.37. The van der Waals surface area contributed by atoms with Crippen molar-refractivity contribution in [3.05, 3.63) is 29.6 Å². The van der Waals surface area contributed by atoms with Crippen molar-refractivity contribution in [2.45, 2.75) is 31.3 Å². The molecule has 5 heteroatoms. The molecule has 0 saturated heterocycles. The Kier molecular flexibility index (Phi) is 3.28. The van der Waals surface area contributed by atoms with Crippen LogP contribution in [0.3, 0.4) is 0 Å². The molecule has 2 rings (SSSR count). The molecule has 4 nitrogen and oxygen atoms in total. The summed E-state index contributed by atoms with van der Waals surface area (Å²) in [6.07, 6.45) is 2.91. The van der Waals surface area contributed by atoms with Gasteiger partial charge in [-0.05, 0) is 31.4 Å². The Labute approximate surface area is 99.2 Å². The predicted molar refractivity (Wildman–Crippen MR) is 64.2 cm³/mol. The smallest absolute Gasteiger partial charge is 0.253 e. The molecule has 5 N–H and O–H groups in total. The van der Waals surface area contributed by atoms with Crippen molar-refractivity contribution >= 4 is 11.6 Å². The first-order valence-corrected chi connectivity index (χ1v) is 5.70. The number of hydrogen-bond acceptors (Lipinski definition) is 3. The van der Waals surface area contributed by atoms with E-state index in [9.17, 15) is 9.18 Å². The zero-order valence-electron chi connectivity index (χ0n) is 9.45. The molecule has 0 aliphatic heterocycles. The number of carbonyl (C=O) groups excluding carboxylic acids is 1. The molecular formula is C12H16FN3O. The summed E-state index contributed by atoms with van der Waals surface area (Å²) < 4.78 is 13.5. The first-order chi connectivity index (χ1) is 8.09. The molecule has 1 aromatic rings. The van der Waals surface area contributed by atoms with E-state index in [0.717, 1.165) is 19.3 Å². The van der Waals surface area contributed by atoms with Crippen molar-refractivity contribution < 1.29 is 9.18 Å². The van der Waals surface area contributed by atoms with Crippen molar-refractivity contribution in [3.8, 4) is 0 Å². The molecule has 1 amide bonds. The maximum absolute atomic E-state index is 13.5. The van der Waals surface area contributed by atoms with E-state index >= 15 is 0 Å². The minimum atomic E-state index is -0.767. The Hall–Kier alpha value is -1.62. The van der Waals surface area contributed by atoms with E-state index in [2.05, 4.69) is 5.32 Å². The van der Waals surface area contributed by atoms with E-state index in [4.69, 9.17) is 11.5 Å². The van der Waals surface area contributed by atoms with Crippen LogP contribution in [0.15, 0.2) is 18.2 Å². The van der Waals surface area contributed by atoms with Crippen molar-refractivity contribution in [2.24, 2.45) is 11.5 Å². The Morgan fingerprint density at radius 2 is 2.18 bits per heavy atom. The normalized spacial score (nSPS) is 23.6. The van der Waals surface area contributed by atoms with Crippen molar-refractivity contribution in [3.63, 3.8) is 0 Å². The van der Waals surface area contributed by atoms with Gasteiger partial charge < -0.3 is 16.8 Å². The quantitative estimate of drug-likeness (QED) is 0.739. The van der Waals surface area contributed by atoms with Crippen molar-refractivity contribution in [1.29, 1.82) is 0 Å². The van der Waals surface area contributed by atoms with E-state index < -0.39 is 11.7 Å². The number of anilines is 1. The fourth-order valence-corrected chi connectivity index (χ4v) is 2.26. The van der Waals surface area contributed by atoms with E-state index in [-0.39, 0.29) is 17.6 Å². The highest BCUT2D eigenvalue weighted by atomic mass is 19.1. The highest BCUT2D eigenvalue weighted by Gasteiger charge is 2.25. The molecule has 92 valence electrons. The first kappa shape index (κ1) is 11.9. The summed E-state index contributed by atoms with van der Waals surface area (Å²) in [5.41, 5.74) is 11.4. The maximum atomic E-state index is 13.5. The van der Waals surface area contributed by atoms with Gasteiger partial charge in [0.2, 0.25) is 0 Å². The van der Waals surface area contributed by atoms with Crippen LogP contribution in [0.5, 0.6) is 0 Å². The molecule has 0 bridgehead atoms. The standard InChI is InChI=1S/C12H16FN3O/c13-7-3-1-6-10(11(7)12(15)17)16-9-5-2-4-8(9)14/h1,3,6,8-9,16H,2,4-5,14H2,(H2,15,17). The fraction of sp³-hybridized carbons (Fsp3) is 0.417. The fourth-order valence-electron chi connectivity index (χ4n) is 2.26. The lowest BCUT2D eigenvalue weighted by Gasteiger charge is -2.20. The van der Waals surface area contributed by atoms with Gasteiger partial charge in [-0.2, -0.15) is 0 Å². The van der Waals surface area contributed by atoms with Gasteiger partial charge in [0, 0.05) is 12.1 Å². The molecule has 1 aromatic carbocycles. The number of carbonyl (C=O) groups is 1. The minimum Gasteiger partial charge on any atom is -0.380 e. The lowest BCUT2D eigenvalue weighted by Crippen LogP contribution is -2.36. The molecule has 17 heavy (non-hydrogen) atoms. The first-order valence-electron chi connectivity index (χ1n) is 5.70. The molecular weight excluding hydrogens is 221 g/mol. The van der Waals surface area contributed by atoms with Crippen LogP contribution in [0.25, 0.3) is 0 Å². The number of primary amides is 1. The summed E-state index contributed by atoms with van der Waals surface area (Å²) in [5, 5.41) is 3.12. The predicted octanol–water partition coefficient (Wildman–Crippen LogP) is 1.22. The number of amides is 1. The maximum Gasteiger partial charge on any atom is 0.253 e. The molecule has 0 spiro atoms. The van der Waals surface area contributed by atoms with Crippen LogP contribution in [0.2, 0.25) is 0 Å². The Morgan fingerprint density at radius 3 is 2.76 bits per heavy atom. The summed E-state index contributed by atoms with van der Waals surface area (Å²) in [6.45, 7) is 0. The van der Waals surface area contributed by atoms with E-state index in [1.165, 1.54) is 6.07 Å². The van der Waals surface area contributed by atoms with Gasteiger partial charge in [0.1, 0.15) is 5.82 Å². The number of nitrogens with one attached hydrogen (secondary N) is 1. The average Bonchev–Trinajstić information content (AvgIpc) is 2.64. The van der Waals surface area contributed by atoms with Crippen molar-refractivity contribution in [1.82, 2.24) is 0 Å². The molecule has 0 heterocycles. The van der Waals surface area contributed by atoms with E-state index in [1.54, 1.807) is 12.1 Å². The molecule has 1 saturated carbocycles. The minimum absolute atomic E-state index is 0.0407. The molecule has 0 radical (unpaired) electrons. The van der Waals surface area contributed by atoms with Gasteiger partial charge in [-0.1, -0.05) is 6.07 Å². The van der Waals surface area contributed by atoms with Gasteiger partial charge in [-0.25, -0.2) is 4.39 Å². The molecule has 1 fully saturated rings. The number of rotatable bonds is 3. The SMILES string of the molecule is NC(=O)c1c(F)cccc1NC1CCCC1N. The average molecular weight is 237 g/mol. The van der Waals surface area contributed by atoms with Gasteiger partial charge >= 0.3 is 0 Å². The summed E-state index contributed by atoms with van der Waals surface area (Å²) >= 11 is 0. The lowest BCUT2D eigenvalue weighted by molar-refractivity contribution is 0.0997. The van der Waals surface area contributed by atoms with Gasteiger partial charge in [0.05, 0.1) is 11.3 Å². The topological polar surface area (TPSA) is 81.1 Å². The zero-order valence-corrected chi connectivity index (χ0v) is 9.45. The highest BCUT2D eigenvalue weighted by Crippen LogP contribution is 2.25. The second kappa shape index (κ2) is 4.71. The Morgan fingerprint density at radius 1 is 1.41 bits per heavy atom. The number of halogens is 1. The molecule has 0 aromatic heterocycles. The van der Waals surface area contributed by atoms with Crippen LogP contribution in [0.4, 0.5) is 10.1 Å². The summed E-state index contributed by atoms with van der Waals surface area (Å²) in [4.78, 5) is 11.2. The third-order valence-corrected chi connectivity index (χ3v) is 3.17. The Balaban J connectivity index is 2.26. The molecule has 2 unspecified atom stereocenters. The second-order valence-electron chi connectivity index (χ2n) is 4.37. The molecule has 2 atom stereocenters. The number of nitrogens with two attached hydrogens (primary N) is 2. The van der Waals surface area contributed by atoms with Crippen molar-refractivity contribution in [2.75, 3.05) is 5.32 Å². The number of hydrogen-bond donors (Lipinski definition) is 3. The summed E-state index contributed by atoms with van der Waals surface area (Å²) in [7, 11) is 0. The summed E-state index contributed by atoms with van der Waals surface area (Å²) in [6, 6.07) is 4.53. The monoisotopic (exact) mass is 237 g/mol. The number of benzene rings is 1. The van der Waals surface area contributed by atoms with E-state index in [0.29, 0.717) is 5.69 Å². The van der Waals surface area contributed by atoms with Crippen LogP contribution < -0.4 is 16.8 Å². The van der Waals surface area contributed by atoms with Gasteiger partial charge in [-0.3, -0.25) is 4.79 Å². The van der Waals surface area contributed by atoms with Gasteiger partial charge in [-0.15, -0.1) is 0 Å². The third-order valence-electron chi connectivity index (χ3n) is 3.17. The highest BCUT2D eigenvalue weighted by molar-refractivity contribution is 5.98. The van der Waals surface area contributed by atoms with Gasteiger partial charge in [0.25, 0.3) is 5.91 Å². The van der Waals surface area contributed by atoms with Crippen LogP contribution in [0, 0.1) is 5.82 Å². The molecule has 1 aliphatic rings.